The van der Waals surface area contributed by atoms with Crippen LogP contribution in [0.1, 0.15) is 23.3 Å². The standard InChI is InChI=1S/C19H23FN4O2/c1-22-9-6-16(21-22)18(25)23-10-7-19(8-11-23)17(26-2)13-24(19)15-5-3-4-14(20)12-15/h3-6,9,12,17H,7-8,10-11,13H2,1-2H3. The van der Waals surface area contributed by atoms with Gasteiger partial charge in [-0.3, -0.25) is 9.48 Å². The zero-order valence-electron chi connectivity index (χ0n) is 15.1. The zero-order chi connectivity index (χ0) is 18.3. The largest absolute Gasteiger partial charge is 0.377 e. The van der Waals surface area contributed by atoms with E-state index in [0.717, 1.165) is 25.1 Å². The molecule has 0 saturated carbocycles. The number of carbonyl (C=O) groups excluding carboxylic acids is 1. The summed E-state index contributed by atoms with van der Waals surface area (Å²) < 4.78 is 21.0. The molecule has 2 saturated heterocycles. The number of aryl methyl sites for hydroxylation is 1. The second-order valence-corrected chi connectivity index (χ2v) is 7.09. The molecule has 1 atom stereocenters. The van der Waals surface area contributed by atoms with Crippen LogP contribution in [0.2, 0.25) is 0 Å². The third-order valence-electron chi connectivity index (χ3n) is 5.74. The molecule has 3 heterocycles. The van der Waals surface area contributed by atoms with Crippen molar-refractivity contribution >= 4 is 11.6 Å². The van der Waals surface area contributed by atoms with Crippen LogP contribution in [0.25, 0.3) is 0 Å². The molecule has 1 unspecified atom stereocenters. The number of hydrogen-bond acceptors (Lipinski definition) is 4. The number of hydrogen-bond donors (Lipinski definition) is 0. The summed E-state index contributed by atoms with van der Waals surface area (Å²) >= 11 is 0. The third-order valence-corrected chi connectivity index (χ3v) is 5.74. The lowest BCUT2D eigenvalue weighted by molar-refractivity contribution is -0.0434. The number of amides is 1. The van der Waals surface area contributed by atoms with Gasteiger partial charge in [0.15, 0.2) is 0 Å². The zero-order valence-corrected chi connectivity index (χ0v) is 15.1. The molecule has 26 heavy (non-hydrogen) atoms. The minimum atomic E-state index is -0.235. The van der Waals surface area contributed by atoms with E-state index in [9.17, 15) is 9.18 Å². The van der Waals surface area contributed by atoms with E-state index in [1.165, 1.54) is 6.07 Å². The van der Waals surface area contributed by atoms with Crippen molar-refractivity contribution in [2.45, 2.75) is 24.5 Å². The number of ether oxygens (including phenoxy) is 1. The van der Waals surface area contributed by atoms with Crippen molar-refractivity contribution in [1.82, 2.24) is 14.7 Å². The fourth-order valence-electron chi connectivity index (χ4n) is 4.26. The Morgan fingerprint density at radius 3 is 2.69 bits per heavy atom. The second-order valence-electron chi connectivity index (χ2n) is 7.09. The van der Waals surface area contributed by atoms with E-state index in [2.05, 4.69) is 10.00 Å². The lowest BCUT2D eigenvalue weighted by Gasteiger charge is -2.61. The van der Waals surface area contributed by atoms with E-state index < -0.39 is 0 Å². The van der Waals surface area contributed by atoms with Crippen molar-refractivity contribution in [3.05, 3.63) is 48.0 Å². The Balaban J connectivity index is 1.51. The van der Waals surface area contributed by atoms with Gasteiger partial charge in [-0.25, -0.2) is 4.39 Å². The molecule has 1 aromatic carbocycles. The van der Waals surface area contributed by atoms with Crippen LogP contribution in [0.5, 0.6) is 0 Å². The Morgan fingerprint density at radius 2 is 2.08 bits per heavy atom. The molecule has 2 aromatic rings. The number of halogens is 1. The number of methoxy groups -OCH3 is 1. The first-order valence-electron chi connectivity index (χ1n) is 8.88. The van der Waals surface area contributed by atoms with Gasteiger partial charge in [0.2, 0.25) is 0 Å². The summed E-state index contributed by atoms with van der Waals surface area (Å²) in [4.78, 5) is 16.7. The first-order chi connectivity index (χ1) is 12.5. The number of likely N-dealkylation sites (tertiary alicyclic amines) is 1. The third kappa shape index (κ3) is 2.67. The van der Waals surface area contributed by atoms with Gasteiger partial charge in [-0.1, -0.05) is 6.07 Å². The van der Waals surface area contributed by atoms with Crippen LogP contribution in [-0.2, 0) is 11.8 Å². The summed E-state index contributed by atoms with van der Waals surface area (Å²) in [6, 6.07) is 8.43. The van der Waals surface area contributed by atoms with Crippen LogP contribution < -0.4 is 4.90 Å². The van der Waals surface area contributed by atoms with E-state index in [-0.39, 0.29) is 23.4 Å². The predicted octanol–water partition coefficient (Wildman–Crippen LogP) is 2.07. The van der Waals surface area contributed by atoms with Crippen LogP contribution in [-0.4, -0.2) is 59.0 Å². The highest BCUT2D eigenvalue weighted by molar-refractivity contribution is 5.92. The Kier molecular flexibility index (Phi) is 4.19. The molecule has 1 aromatic heterocycles. The van der Waals surface area contributed by atoms with Crippen LogP contribution in [0.4, 0.5) is 10.1 Å². The first kappa shape index (κ1) is 17.0. The van der Waals surface area contributed by atoms with Crippen molar-refractivity contribution in [1.29, 1.82) is 0 Å². The van der Waals surface area contributed by atoms with Crippen molar-refractivity contribution < 1.29 is 13.9 Å². The molecular weight excluding hydrogens is 335 g/mol. The fourth-order valence-corrected chi connectivity index (χ4v) is 4.26. The highest BCUT2D eigenvalue weighted by Gasteiger charge is 2.55. The summed E-state index contributed by atoms with van der Waals surface area (Å²) in [5, 5.41) is 4.21. The van der Waals surface area contributed by atoms with Crippen LogP contribution in [0, 0.1) is 5.82 Å². The number of piperidine rings is 1. The molecule has 0 aliphatic carbocycles. The van der Waals surface area contributed by atoms with Gasteiger partial charge in [0.05, 0.1) is 11.6 Å². The topological polar surface area (TPSA) is 50.6 Å². The molecule has 138 valence electrons. The number of rotatable bonds is 3. The lowest BCUT2D eigenvalue weighted by atomic mass is 9.73. The van der Waals surface area contributed by atoms with Crippen molar-refractivity contribution in [3.63, 3.8) is 0 Å². The van der Waals surface area contributed by atoms with Crippen LogP contribution in [0.3, 0.4) is 0 Å². The lowest BCUT2D eigenvalue weighted by Crippen LogP contribution is -2.74. The average molecular weight is 358 g/mol. The maximum Gasteiger partial charge on any atom is 0.274 e. The van der Waals surface area contributed by atoms with Gasteiger partial charge in [0, 0.05) is 45.7 Å². The molecule has 2 fully saturated rings. The fraction of sp³-hybridized carbons (Fsp3) is 0.474. The molecule has 1 amide bonds. The number of carbonyl (C=O) groups is 1. The molecule has 0 N–H and O–H groups in total. The average Bonchev–Trinajstić information content (AvgIpc) is 3.07. The van der Waals surface area contributed by atoms with E-state index in [1.807, 2.05) is 11.0 Å². The predicted molar refractivity (Wildman–Crippen MR) is 95.6 cm³/mol. The van der Waals surface area contributed by atoms with Gasteiger partial charge < -0.3 is 14.5 Å². The van der Waals surface area contributed by atoms with E-state index in [0.29, 0.717) is 18.8 Å². The van der Waals surface area contributed by atoms with Crippen LogP contribution >= 0.6 is 0 Å². The molecule has 2 aliphatic rings. The number of benzene rings is 1. The minimum absolute atomic E-state index is 0.0361. The quantitative estimate of drug-likeness (QED) is 0.843. The number of nitrogens with zero attached hydrogens (tertiary/aromatic N) is 4. The van der Waals surface area contributed by atoms with E-state index in [4.69, 9.17) is 4.74 Å². The van der Waals surface area contributed by atoms with Gasteiger partial charge in [-0.15, -0.1) is 0 Å². The SMILES string of the molecule is COC1CN(c2cccc(F)c2)C12CCN(C(=O)c1ccn(C)n1)CC2. The summed E-state index contributed by atoms with van der Waals surface area (Å²) in [5.41, 5.74) is 1.17. The van der Waals surface area contributed by atoms with E-state index in [1.54, 1.807) is 43.2 Å². The van der Waals surface area contributed by atoms with Gasteiger partial charge in [-0.2, -0.15) is 5.10 Å². The van der Waals surface area contributed by atoms with E-state index >= 15 is 0 Å². The number of aromatic nitrogens is 2. The maximum atomic E-state index is 13.7. The Labute approximate surface area is 152 Å². The molecule has 0 radical (unpaired) electrons. The Bertz CT molecular complexity index is 813. The number of anilines is 1. The normalized spacial score (nSPS) is 21.7. The monoisotopic (exact) mass is 358 g/mol. The molecule has 7 heteroatoms. The highest BCUT2D eigenvalue weighted by Crippen LogP contribution is 2.44. The Morgan fingerprint density at radius 1 is 1.31 bits per heavy atom. The van der Waals surface area contributed by atoms with Gasteiger partial charge in [0.1, 0.15) is 11.5 Å². The van der Waals surface area contributed by atoms with Gasteiger partial charge >= 0.3 is 0 Å². The highest BCUT2D eigenvalue weighted by atomic mass is 19.1. The minimum Gasteiger partial charge on any atom is -0.377 e. The summed E-state index contributed by atoms with van der Waals surface area (Å²) in [5.74, 6) is -0.271. The van der Waals surface area contributed by atoms with Crippen molar-refractivity contribution in [2.24, 2.45) is 7.05 Å². The summed E-state index contributed by atoms with van der Waals surface area (Å²) in [6.45, 7) is 2.02. The van der Waals surface area contributed by atoms with Crippen molar-refractivity contribution in [3.8, 4) is 0 Å². The molecule has 4 rings (SSSR count). The Hall–Kier alpha value is -2.41. The summed E-state index contributed by atoms with van der Waals surface area (Å²) in [7, 11) is 3.52. The van der Waals surface area contributed by atoms with Crippen molar-refractivity contribution in [2.75, 3.05) is 31.6 Å². The second kappa shape index (κ2) is 6.39. The maximum absolute atomic E-state index is 13.7. The molecule has 1 spiro atoms. The van der Waals surface area contributed by atoms with Gasteiger partial charge in [-0.05, 0) is 37.1 Å². The first-order valence-corrected chi connectivity index (χ1v) is 8.88. The molecule has 2 aliphatic heterocycles. The summed E-state index contributed by atoms with van der Waals surface area (Å²) in [6.07, 6.45) is 3.45. The van der Waals surface area contributed by atoms with Gasteiger partial charge in [0.25, 0.3) is 5.91 Å². The smallest absolute Gasteiger partial charge is 0.274 e. The molecule has 6 nitrogen and oxygen atoms in total. The molecular formula is C19H23FN4O2. The molecule has 0 bridgehead atoms. The van der Waals surface area contributed by atoms with Crippen LogP contribution in [0.15, 0.2) is 36.5 Å².